The molecule has 2 aliphatic rings. The minimum atomic E-state index is -0.245. The number of rotatable bonds is 6. The van der Waals surface area contributed by atoms with Crippen LogP contribution in [0.1, 0.15) is 32.1 Å². The molecule has 6 nitrogen and oxygen atoms in total. The number of halogens is 1. The minimum absolute atomic E-state index is 0.0782. The molecule has 3 amide bonds. The van der Waals surface area contributed by atoms with Gasteiger partial charge in [0.05, 0.1) is 16.9 Å². The van der Waals surface area contributed by atoms with E-state index in [1.807, 2.05) is 12.1 Å². The standard InChI is InChI=1S/C23H23ClN2O4/c24-19-7-3-4-8-20(19)30-16-11-9-15(10-12-16)25-21(27)13-14-26-22(28)17-5-1-2-6-18(17)23(26)29/h3-4,7-12,17-18H,1-2,5-6,13-14H2,(H,25,27)/t17-,18-/m1/s1. The Kier molecular flexibility index (Phi) is 6.04. The number of hydrogen-bond acceptors (Lipinski definition) is 4. The van der Waals surface area contributed by atoms with E-state index in [-0.39, 0.29) is 42.5 Å². The van der Waals surface area contributed by atoms with Crippen LogP contribution < -0.4 is 10.1 Å². The van der Waals surface area contributed by atoms with Crippen LogP contribution >= 0.6 is 11.6 Å². The monoisotopic (exact) mass is 426 g/mol. The average Bonchev–Trinajstić information content (AvgIpc) is 3.00. The highest BCUT2D eigenvalue weighted by atomic mass is 35.5. The zero-order chi connectivity index (χ0) is 21.1. The minimum Gasteiger partial charge on any atom is -0.456 e. The van der Waals surface area contributed by atoms with E-state index in [1.165, 1.54) is 4.90 Å². The van der Waals surface area contributed by atoms with Gasteiger partial charge in [0.25, 0.3) is 0 Å². The summed E-state index contributed by atoms with van der Waals surface area (Å²) >= 11 is 6.09. The number of amides is 3. The highest BCUT2D eigenvalue weighted by molar-refractivity contribution is 6.32. The first kappa shape index (κ1) is 20.4. The van der Waals surface area contributed by atoms with Crippen LogP contribution in [-0.2, 0) is 14.4 Å². The lowest BCUT2D eigenvalue weighted by Gasteiger charge is -2.19. The van der Waals surface area contributed by atoms with Gasteiger partial charge in [-0.2, -0.15) is 0 Å². The van der Waals surface area contributed by atoms with Gasteiger partial charge in [-0.05, 0) is 49.2 Å². The molecule has 1 aliphatic carbocycles. The summed E-state index contributed by atoms with van der Waals surface area (Å²) in [5.74, 6) is 0.316. The topological polar surface area (TPSA) is 75.7 Å². The third-order valence-electron chi connectivity index (χ3n) is 5.70. The van der Waals surface area contributed by atoms with E-state index < -0.39 is 0 Å². The Morgan fingerprint density at radius 1 is 1.00 bits per heavy atom. The molecule has 2 aromatic rings. The van der Waals surface area contributed by atoms with E-state index in [0.717, 1.165) is 25.7 Å². The quantitative estimate of drug-likeness (QED) is 0.683. The number of anilines is 1. The lowest BCUT2D eigenvalue weighted by atomic mass is 9.81. The maximum absolute atomic E-state index is 12.5. The molecule has 0 unspecified atom stereocenters. The number of carbonyl (C=O) groups excluding carboxylic acids is 3. The van der Waals surface area contributed by atoms with Crippen LogP contribution in [0.4, 0.5) is 5.69 Å². The number of imide groups is 1. The first-order valence-electron chi connectivity index (χ1n) is 10.2. The van der Waals surface area contributed by atoms with Crippen LogP contribution in [-0.4, -0.2) is 29.2 Å². The van der Waals surface area contributed by atoms with Gasteiger partial charge in [0.2, 0.25) is 17.7 Å². The predicted molar refractivity (Wildman–Crippen MR) is 113 cm³/mol. The van der Waals surface area contributed by atoms with Crippen molar-refractivity contribution in [3.05, 3.63) is 53.6 Å². The van der Waals surface area contributed by atoms with Crippen LogP contribution in [0.3, 0.4) is 0 Å². The molecule has 1 saturated carbocycles. The van der Waals surface area contributed by atoms with E-state index in [4.69, 9.17) is 16.3 Å². The van der Waals surface area contributed by atoms with E-state index in [2.05, 4.69) is 5.32 Å². The molecule has 0 aromatic heterocycles. The van der Waals surface area contributed by atoms with Crippen molar-refractivity contribution in [3.63, 3.8) is 0 Å². The Morgan fingerprint density at radius 3 is 2.27 bits per heavy atom. The van der Waals surface area contributed by atoms with Gasteiger partial charge in [0.1, 0.15) is 11.5 Å². The number of fused-ring (bicyclic) bond motifs is 1. The molecule has 4 rings (SSSR count). The average molecular weight is 427 g/mol. The van der Waals surface area contributed by atoms with Crippen molar-refractivity contribution in [2.75, 3.05) is 11.9 Å². The summed E-state index contributed by atoms with van der Waals surface area (Å²) in [6.07, 6.45) is 3.62. The number of likely N-dealkylation sites (tertiary alicyclic amines) is 1. The van der Waals surface area contributed by atoms with Crippen LogP contribution in [0.15, 0.2) is 48.5 Å². The molecule has 1 heterocycles. The summed E-state index contributed by atoms with van der Waals surface area (Å²) in [7, 11) is 0. The van der Waals surface area contributed by atoms with E-state index in [0.29, 0.717) is 22.2 Å². The normalized spacial score (nSPS) is 20.8. The van der Waals surface area contributed by atoms with Gasteiger partial charge >= 0.3 is 0 Å². The van der Waals surface area contributed by atoms with Crippen LogP contribution in [0.2, 0.25) is 5.02 Å². The summed E-state index contributed by atoms with van der Waals surface area (Å²) in [6, 6.07) is 14.1. The first-order chi connectivity index (χ1) is 14.5. The summed E-state index contributed by atoms with van der Waals surface area (Å²) < 4.78 is 5.73. The number of carbonyl (C=O) groups is 3. The van der Waals surface area contributed by atoms with Gasteiger partial charge in [0.15, 0.2) is 0 Å². The first-order valence-corrected chi connectivity index (χ1v) is 10.6. The molecule has 0 radical (unpaired) electrons. The third kappa shape index (κ3) is 4.33. The van der Waals surface area contributed by atoms with Crippen molar-refractivity contribution >= 4 is 35.0 Å². The molecule has 2 aromatic carbocycles. The highest BCUT2D eigenvalue weighted by Crippen LogP contribution is 2.38. The third-order valence-corrected chi connectivity index (χ3v) is 6.01. The molecule has 0 bridgehead atoms. The fraction of sp³-hybridized carbons (Fsp3) is 0.348. The number of benzene rings is 2. The van der Waals surface area contributed by atoms with Gasteiger partial charge < -0.3 is 10.1 Å². The number of hydrogen-bond donors (Lipinski definition) is 1. The summed E-state index contributed by atoms with van der Waals surface area (Å²) in [6.45, 7) is 0.129. The van der Waals surface area contributed by atoms with Crippen molar-refractivity contribution in [2.24, 2.45) is 11.8 Å². The summed E-state index contributed by atoms with van der Waals surface area (Å²) in [5, 5.41) is 3.31. The maximum atomic E-state index is 12.5. The number of nitrogens with one attached hydrogen (secondary N) is 1. The van der Waals surface area contributed by atoms with E-state index >= 15 is 0 Å². The summed E-state index contributed by atoms with van der Waals surface area (Å²) in [4.78, 5) is 38.6. The lowest BCUT2D eigenvalue weighted by Crippen LogP contribution is -2.34. The number of ether oxygens (including phenoxy) is 1. The van der Waals surface area contributed by atoms with Gasteiger partial charge in [-0.3, -0.25) is 19.3 Å². The zero-order valence-electron chi connectivity index (χ0n) is 16.5. The Bertz CT molecular complexity index is 936. The molecular weight excluding hydrogens is 404 g/mol. The molecular formula is C23H23ClN2O4. The largest absolute Gasteiger partial charge is 0.456 e. The second kappa shape index (κ2) is 8.88. The SMILES string of the molecule is O=C(CCN1C(=O)[C@@H]2CCCC[C@H]2C1=O)Nc1ccc(Oc2ccccc2Cl)cc1. The fourth-order valence-electron chi connectivity index (χ4n) is 4.15. The molecule has 2 fully saturated rings. The van der Waals surface area contributed by atoms with Gasteiger partial charge in [0, 0.05) is 18.7 Å². The fourth-order valence-corrected chi connectivity index (χ4v) is 4.32. The molecule has 1 saturated heterocycles. The van der Waals surface area contributed by atoms with E-state index in [9.17, 15) is 14.4 Å². The lowest BCUT2D eigenvalue weighted by molar-refractivity contribution is -0.140. The van der Waals surface area contributed by atoms with Crippen LogP contribution in [0.25, 0.3) is 0 Å². The maximum Gasteiger partial charge on any atom is 0.233 e. The van der Waals surface area contributed by atoms with Crippen molar-refractivity contribution in [1.29, 1.82) is 0 Å². The molecule has 2 atom stereocenters. The number of nitrogens with zero attached hydrogens (tertiary/aromatic N) is 1. The van der Waals surface area contributed by atoms with Crippen molar-refractivity contribution < 1.29 is 19.1 Å². The zero-order valence-corrected chi connectivity index (χ0v) is 17.2. The van der Waals surface area contributed by atoms with Crippen molar-refractivity contribution in [2.45, 2.75) is 32.1 Å². The van der Waals surface area contributed by atoms with Crippen LogP contribution in [0.5, 0.6) is 11.5 Å². The van der Waals surface area contributed by atoms with Gasteiger partial charge in [-0.15, -0.1) is 0 Å². The predicted octanol–water partition coefficient (Wildman–Crippen LogP) is 4.64. The van der Waals surface area contributed by atoms with Crippen molar-refractivity contribution in [1.82, 2.24) is 4.90 Å². The molecule has 1 aliphatic heterocycles. The Labute approximate surface area is 180 Å². The summed E-state index contributed by atoms with van der Waals surface area (Å²) in [5.41, 5.74) is 0.610. The van der Waals surface area contributed by atoms with Gasteiger partial charge in [-0.1, -0.05) is 36.6 Å². The Hall–Kier alpha value is -2.86. The van der Waals surface area contributed by atoms with Crippen LogP contribution in [0, 0.1) is 11.8 Å². The smallest absolute Gasteiger partial charge is 0.233 e. The highest BCUT2D eigenvalue weighted by Gasteiger charge is 2.47. The second-order valence-electron chi connectivity index (χ2n) is 7.68. The molecule has 156 valence electrons. The molecule has 30 heavy (non-hydrogen) atoms. The molecule has 0 spiro atoms. The van der Waals surface area contributed by atoms with Crippen molar-refractivity contribution in [3.8, 4) is 11.5 Å². The second-order valence-corrected chi connectivity index (χ2v) is 8.09. The number of para-hydroxylation sites is 1. The Morgan fingerprint density at radius 2 is 1.63 bits per heavy atom. The van der Waals surface area contributed by atoms with E-state index in [1.54, 1.807) is 36.4 Å². The Balaban J connectivity index is 1.29. The molecule has 1 N–H and O–H groups in total. The molecule has 7 heteroatoms. The van der Waals surface area contributed by atoms with Gasteiger partial charge in [-0.25, -0.2) is 0 Å².